The van der Waals surface area contributed by atoms with Crippen LogP contribution in [0.3, 0.4) is 0 Å². The minimum atomic E-state index is -2.54. The molecule has 0 aliphatic rings. The lowest BCUT2D eigenvalue weighted by molar-refractivity contribution is -0.108. The summed E-state index contributed by atoms with van der Waals surface area (Å²) >= 11 is 1.69. The monoisotopic (exact) mass is 502 g/mol. The molecule has 1 nitrogen and oxygen atoms in total. The van der Waals surface area contributed by atoms with Gasteiger partial charge in [-0.15, -0.1) is 11.3 Å². The van der Waals surface area contributed by atoms with Crippen molar-refractivity contribution in [3.05, 3.63) is 155 Å². The summed E-state index contributed by atoms with van der Waals surface area (Å²) in [4.78, 5) is 16.7. The lowest BCUT2D eigenvalue weighted by Crippen LogP contribution is -2.33. The van der Waals surface area contributed by atoms with Crippen molar-refractivity contribution in [2.24, 2.45) is 0 Å². The molecule has 5 aromatic rings. The SMILES string of the molecule is Cc1ccc(/C=C/C(=O)C(c2ccccc2)=P(c2ccccc2)(c2ccccc2)c2ccccc2)s1. The molecule has 0 radical (unpaired) electrons. The van der Waals surface area contributed by atoms with Crippen molar-refractivity contribution in [2.45, 2.75) is 6.92 Å². The first kappa shape index (κ1) is 24.0. The van der Waals surface area contributed by atoms with E-state index in [0.717, 1.165) is 31.6 Å². The van der Waals surface area contributed by atoms with E-state index in [4.69, 9.17) is 0 Å². The van der Waals surface area contributed by atoms with Crippen LogP contribution in [-0.2, 0) is 4.79 Å². The first-order chi connectivity index (χ1) is 17.7. The average molecular weight is 503 g/mol. The molecule has 36 heavy (non-hydrogen) atoms. The van der Waals surface area contributed by atoms with Crippen LogP contribution >= 0.6 is 18.2 Å². The quantitative estimate of drug-likeness (QED) is 0.176. The van der Waals surface area contributed by atoms with Gasteiger partial charge in [0.15, 0.2) is 5.78 Å². The van der Waals surface area contributed by atoms with Crippen molar-refractivity contribution in [1.29, 1.82) is 0 Å². The number of carbonyl (C=O) groups is 1. The molecular formula is C33H27OPS. The van der Waals surface area contributed by atoms with Crippen LogP contribution in [-0.4, -0.2) is 11.1 Å². The van der Waals surface area contributed by atoms with Gasteiger partial charge in [-0.25, -0.2) is 0 Å². The third-order valence-electron chi connectivity index (χ3n) is 6.21. The van der Waals surface area contributed by atoms with Gasteiger partial charge in [0.05, 0.1) is 0 Å². The van der Waals surface area contributed by atoms with Gasteiger partial charge >= 0.3 is 0 Å². The number of allylic oxidation sites excluding steroid dienone is 1. The largest absolute Gasteiger partial charge is 0.289 e. The highest BCUT2D eigenvalue weighted by Gasteiger charge is 2.33. The fourth-order valence-corrected chi connectivity index (χ4v) is 9.91. The van der Waals surface area contributed by atoms with Gasteiger partial charge in [0.1, 0.15) is 0 Å². The standard InChI is InChI=1S/C33H27OPS/c1-26-22-23-31(36-26)24-25-32(34)33(27-14-6-2-7-15-27)35(28-16-8-3-9-17-28,29-18-10-4-11-19-29)30-20-12-5-13-21-30/h2-25H,1H3/b25-24+. The van der Waals surface area contributed by atoms with Crippen molar-refractivity contribution < 1.29 is 4.79 Å². The number of ketones is 1. The smallest absolute Gasteiger partial charge is 0.187 e. The number of carbonyl (C=O) groups excluding carboxylic acids is 1. The molecule has 0 bridgehead atoms. The Bertz CT molecular complexity index is 1430. The predicted octanol–water partition coefficient (Wildman–Crippen LogP) is 6.85. The van der Waals surface area contributed by atoms with E-state index >= 15 is 0 Å². The van der Waals surface area contributed by atoms with Gasteiger partial charge in [0.2, 0.25) is 0 Å². The van der Waals surface area contributed by atoms with E-state index < -0.39 is 6.89 Å². The third-order valence-corrected chi connectivity index (χ3v) is 11.5. The van der Waals surface area contributed by atoms with E-state index in [1.807, 2.05) is 42.5 Å². The normalized spacial score (nSPS) is 11.5. The van der Waals surface area contributed by atoms with Crippen molar-refractivity contribution in [2.75, 3.05) is 0 Å². The summed E-state index contributed by atoms with van der Waals surface area (Å²) < 4.78 is 0. The van der Waals surface area contributed by atoms with Crippen LogP contribution in [0.5, 0.6) is 0 Å². The van der Waals surface area contributed by atoms with E-state index in [1.54, 1.807) is 17.4 Å². The predicted molar refractivity (Wildman–Crippen MR) is 159 cm³/mol. The second-order valence-electron chi connectivity index (χ2n) is 8.54. The minimum absolute atomic E-state index is 0.0390. The van der Waals surface area contributed by atoms with Crippen LogP contribution in [0.2, 0.25) is 0 Å². The zero-order valence-corrected chi connectivity index (χ0v) is 21.8. The number of thiophene rings is 1. The Morgan fingerprint density at radius 2 is 1.06 bits per heavy atom. The van der Waals surface area contributed by atoms with Crippen LogP contribution < -0.4 is 15.9 Å². The molecule has 0 amide bonds. The fourth-order valence-electron chi connectivity index (χ4n) is 4.67. The maximum atomic E-state index is 14.4. The first-order valence-electron chi connectivity index (χ1n) is 12.0. The zero-order chi connectivity index (χ0) is 24.8. The second kappa shape index (κ2) is 10.9. The van der Waals surface area contributed by atoms with Crippen LogP contribution in [0.4, 0.5) is 0 Å². The summed E-state index contributed by atoms with van der Waals surface area (Å²) in [7, 11) is 0. The maximum Gasteiger partial charge on any atom is 0.187 e. The van der Waals surface area contributed by atoms with Crippen LogP contribution in [0, 0.1) is 6.92 Å². The summed E-state index contributed by atoms with van der Waals surface area (Å²) in [5.41, 5.74) is 0.958. The first-order valence-corrected chi connectivity index (χ1v) is 14.6. The number of aryl methyl sites for hydroxylation is 1. The van der Waals surface area contributed by atoms with Crippen LogP contribution in [0.15, 0.2) is 140 Å². The van der Waals surface area contributed by atoms with E-state index in [2.05, 4.69) is 104 Å². The average Bonchev–Trinajstić information content (AvgIpc) is 3.37. The maximum absolute atomic E-state index is 14.4. The third kappa shape index (κ3) is 4.71. The van der Waals surface area contributed by atoms with Gasteiger partial charge < -0.3 is 0 Å². The number of rotatable bonds is 7. The molecule has 0 aliphatic carbocycles. The Hall–Kier alpha value is -3.71. The molecular weight excluding hydrogens is 475 g/mol. The second-order valence-corrected chi connectivity index (χ2v) is 13.2. The van der Waals surface area contributed by atoms with Gasteiger partial charge in [-0.2, -0.15) is 0 Å². The molecule has 1 heterocycles. The number of hydrogen-bond donors (Lipinski definition) is 0. The number of hydrogen-bond acceptors (Lipinski definition) is 2. The molecule has 0 aliphatic heterocycles. The summed E-state index contributed by atoms with van der Waals surface area (Å²) in [5.74, 6) is 0.0390. The van der Waals surface area contributed by atoms with Gasteiger partial charge in [0.25, 0.3) is 0 Å². The molecule has 0 saturated carbocycles. The molecule has 1 aromatic heterocycles. The molecule has 0 saturated heterocycles. The van der Waals surface area contributed by atoms with Crippen molar-refractivity contribution in [3.8, 4) is 0 Å². The van der Waals surface area contributed by atoms with Crippen LogP contribution in [0.25, 0.3) is 6.08 Å². The highest BCUT2D eigenvalue weighted by atomic mass is 32.1. The van der Waals surface area contributed by atoms with Gasteiger partial charge in [-0.3, -0.25) is 4.79 Å². The minimum Gasteiger partial charge on any atom is -0.289 e. The van der Waals surface area contributed by atoms with Crippen molar-refractivity contribution in [1.82, 2.24) is 0 Å². The van der Waals surface area contributed by atoms with E-state index in [-0.39, 0.29) is 5.78 Å². The lowest BCUT2D eigenvalue weighted by Gasteiger charge is -2.32. The summed E-state index contributed by atoms with van der Waals surface area (Å²) in [6.45, 7) is -0.453. The Morgan fingerprint density at radius 1 is 0.611 bits per heavy atom. The molecule has 176 valence electrons. The van der Waals surface area contributed by atoms with E-state index in [1.165, 1.54) is 4.88 Å². The Labute approximate surface area is 217 Å². The van der Waals surface area contributed by atoms with E-state index in [0.29, 0.717) is 0 Å². The highest BCUT2D eigenvalue weighted by Crippen LogP contribution is 2.48. The zero-order valence-electron chi connectivity index (χ0n) is 20.1. The van der Waals surface area contributed by atoms with Gasteiger partial charge in [-0.05, 0) is 59.6 Å². The Kier molecular flexibility index (Phi) is 7.28. The van der Waals surface area contributed by atoms with Crippen LogP contribution in [0.1, 0.15) is 15.3 Å². The molecule has 0 unspecified atom stereocenters. The highest BCUT2D eigenvalue weighted by molar-refractivity contribution is 7.96. The van der Waals surface area contributed by atoms with Crippen molar-refractivity contribution in [3.63, 3.8) is 0 Å². The topological polar surface area (TPSA) is 17.1 Å². The molecule has 0 atom stereocenters. The molecule has 0 fully saturated rings. The molecule has 0 N–H and O–H groups in total. The molecule has 5 rings (SSSR count). The Morgan fingerprint density at radius 3 is 1.47 bits per heavy atom. The molecule has 3 heteroatoms. The summed E-state index contributed by atoms with van der Waals surface area (Å²) in [6.07, 6.45) is 3.72. The number of benzene rings is 4. The molecule has 0 spiro atoms. The van der Waals surface area contributed by atoms with Gasteiger partial charge in [0, 0.05) is 15.0 Å². The molecule has 4 aromatic carbocycles. The summed E-state index contributed by atoms with van der Waals surface area (Å²) in [5, 5.41) is 4.33. The van der Waals surface area contributed by atoms with E-state index in [9.17, 15) is 4.79 Å². The Balaban J connectivity index is 1.94. The van der Waals surface area contributed by atoms with Gasteiger partial charge in [-0.1, -0.05) is 121 Å². The summed E-state index contributed by atoms with van der Waals surface area (Å²) in [6, 6.07) is 46.0. The lowest BCUT2D eigenvalue weighted by atomic mass is 10.1. The fraction of sp³-hybridized carbons (Fsp3) is 0.0303. The van der Waals surface area contributed by atoms with Crippen molar-refractivity contribution >= 4 is 51.3 Å².